The molecule has 0 amide bonds. The molecule has 142 valence electrons. The average molecular weight is 370 g/mol. The number of aliphatic hydroxyl groups excluding tert-OH is 1. The largest absolute Gasteiger partial charge is 0.395 e. The number of nitrogens with zero attached hydrogens (tertiary/aromatic N) is 2. The molecular weight excluding hydrogens is 344 g/mol. The van der Waals surface area contributed by atoms with E-state index in [1.807, 2.05) is 66.7 Å². The third kappa shape index (κ3) is 5.53. The molecular formula is C25H26N2O. The fourth-order valence-electron chi connectivity index (χ4n) is 3.56. The topological polar surface area (TPSA) is 47.3 Å². The van der Waals surface area contributed by atoms with Crippen molar-refractivity contribution in [3.63, 3.8) is 0 Å². The van der Waals surface area contributed by atoms with Crippen LogP contribution in [-0.4, -0.2) is 22.7 Å². The summed E-state index contributed by atoms with van der Waals surface area (Å²) in [5, 5.41) is 20.1. The van der Waals surface area contributed by atoms with Crippen LogP contribution in [0.25, 0.3) is 0 Å². The molecule has 3 aromatic carbocycles. The van der Waals surface area contributed by atoms with Crippen LogP contribution in [0.3, 0.4) is 0 Å². The van der Waals surface area contributed by atoms with Crippen molar-refractivity contribution < 1.29 is 5.11 Å². The lowest BCUT2D eigenvalue weighted by molar-refractivity contribution is 0.0833. The van der Waals surface area contributed by atoms with Crippen LogP contribution in [0.2, 0.25) is 0 Å². The maximum atomic E-state index is 10.2. The molecule has 0 aromatic heterocycles. The summed E-state index contributed by atoms with van der Waals surface area (Å²) >= 11 is 0. The first kappa shape index (κ1) is 19.8. The highest BCUT2D eigenvalue weighted by atomic mass is 16.3. The molecule has 0 radical (unpaired) electrons. The van der Waals surface area contributed by atoms with E-state index in [1.54, 1.807) is 0 Å². The van der Waals surface area contributed by atoms with Gasteiger partial charge in [0.15, 0.2) is 0 Å². The second kappa shape index (κ2) is 10.4. The van der Waals surface area contributed by atoms with E-state index in [2.05, 4.69) is 35.2 Å². The van der Waals surface area contributed by atoms with Crippen LogP contribution in [-0.2, 0) is 19.5 Å². The second-order valence-corrected chi connectivity index (χ2v) is 7.05. The molecule has 0 fully saturated rings. The molecule has 2 atom stereocenters. The normalized spacial score (nSPS) is 13.0. The molecule has 0 saturated heterocycles. The minimum atomic E-state index is -0.292. The van der Waals surface area contributed by atoms with Gasteiger partial charge in [0.2, 0.25) is 0 Å². The lowest BCUT2D eigenvalue weighted by Crippen LogP contribution is -2.43. The first-order chi connectivity index (χ1) is 13.8. The van der Waals surface area contributed by atoms with Crippen LogP contribution < -0.4 is 0 Å². The molecule has 3 heteroatoms. The van der Waals surface area contributed by atoms with E-state index >= 15 is 0 Å². The molecule has 0 unspecified atom stereocenters. The molecule has 0 saturated carbocycles. The Kier molecular flexibility index (Phi) is 7.37. The molecule has 0 bridgehead atoms. The molecule has 0 heterocycles. The van der Waals surface area contributed by atoms with Gasteiger partial charge < -0.3 is 5.11 Å². The van der Waals surface area contributed by atoms with Crippen LogP contribution >= 0.6 is 0 Å². The van der Waals surface area contributed by atoms with Crippen LogP contribution in [0.1, 0.15) is 16.7 Å². The Morgan fingerprint density at radius 1 is 0.714 bits per heavy atom. The summed E-state index contributed by atoms with van der Waals surface area (Å²) in [5.41, 5.74) is 3.47. The van der Waals surface area contributed by atoms with Gasteiger partial charge in [0, 0.05) is 19.1 Å². The van der Waals surface area contributed by atoms with Crippen molar-refractivity contribution >= 4 is 0 Å². The molecule has 3 nitrogen and oxygen atoms in total. The summed E-state index contributed by atoms with van der Waals surface area (Å²) in [6, 6.07) is 32.7. The fraction of sp³-hybridized carbons (Fsp3) is 0.240. The Hall–Kier alpha value is -2.93. The smallest absolute Gasteiger partial charge is 0.0681 e. The highest BCUT2D eigenvalue weighted by molar-refractivity contribution is 5.20. The van der Waals surface area contributed by atoms with E-state index in [9.17, 15) is 10.4 Å². The van der Waals surface area contributed by atoms with Gasteiger partial charge in [-0.05, 0) is 23.1 Å². The highest BCUT2D eigenvalue weighted by Crippen LogP contribution is 2.21. The summed E-state index contributed by atoms with van der Waals surface area (Å²) in [4.78, 5) is 2.22. The van der Waals surface area contributed by atoms with Crippen molar-refractivity contribution in [2.24, 2.45) is 5.92 Å². The summed E-state index contributed by atoms with van der Waals surface area (Å²) in [6.45, 7) is 1.33. The van der Waals surface area contributed by atoms with Crippen LogP contribution in [0.15, 0.2) is 91.0 Å². The molecule has 28 heavy (non-hydrogen) atoms. The van der Waals surface area contributed by atoms with E-state index in [-0.39, 0.29) is 18.6 Å². The quantitative estimate of drug-likeness (QED) is 0.606. The van der Waals surface area contributed by atoms with Gasteiger partial charge in [0.1, 0.15) is 0 Å². The maximum Gasteiger partial charge on any atom is 0.0681 e. The van der Waals surface area contributed by atoms with E-state index in [0.29, 0.717) is 19.5 Å². The summed E-state index contributed by atoms with van der Waals surface area (Å²) in [7, 11) is 0. The lowest BCUT2D eigenvalue weighted by Gasteiger charge is -2.33. The minimum absolute atomic E-state index is 0.0509. The Bertz CT molecular complexity index is 818. The number of aliphatic hydroxyl groups is 1. The zero-order chi connectivity index (χ0) is 19.6. The number of rotatable bonds is 9. The highest BCUT2D eigenvalue weighted by Gasteiger charge is 2.27. The maximum absolute atomic E-state index is 10.2. The van der Waals surface area contributed by atoms with Gasteiger partial charge >= 0.3 is 0 Å². The molecule has 0 aliphatic heterocycles. The summed E-state index contributed by atoms with van der Waals surface area (Å²) in [6.07, 6.45) is 0.628. The summed E-state index contributed by atoms with van der Waals surface area (Å²) < 4.78 is 0. The van der Waals surface area contributed by atoms with Crippen molar-refractivity contribution in [1.82, 2.24) is 4.90 Å². The molecule has 3 rings (SSSR count). The van der Waals surface area contributed by atoms with Gasteiger partial charge in [0.05, 0.1) is 18.6 Å². The predicted octanol–water partition coefficient (Wildman–Crippen LogP) is 4.43. The van der Waals surface area contributed by atoms with E-state index in [4.69, 9.17) is 0 Å². The molecule has 0 aliphatic carbocycles. The van der Waals surface area contributed by atoms with Crippen molar-refractivity contribution in [1.29, 1.82) is 5.26 Å². The Balaban J connectivity index is 1.85. The Morgan fingerprint density at radius 3 is 1.54 bits per heavy atom. The first-order valence-electron chi connectivity index (χ1n) is 9.66. The monoisotopic (exact) mass is 370 g/mol. The number of hydrogen-bond acceptors (Lipinski definition) is 3. The number of benzene rings is 3. The molecule has 3 aromatic rings. The number of hydrogen-bond donors (Lipinski definition) is 1. The number of nitriles is 1. The van der Waals surface area contributed by atoms with E-state index in [1.165, 1.54) is 11.1 Å². The third-order valence-corrected chi connectivity index (χ3v) is 5.04. The Labute approximate surface area is 167 Å². The van der Waals surface area contributed by atoms with E-state index < -0.39 is 0 Å². The van der Waals surface area contributed by atoms with Gasteiger partial charge in [-0.2, -0.15) is 5.26 Å². The van der Waals surface area contributed by atoms with Crippen LogP contribution in [0.5, 0.6) is 0 Å². The van der Waals surface area contributed by atoms with Gasteiger partial charge in [0.25, 0.3) is 0 Å². The first-order valence-corrected chi connectivity index (χ1v) is 9.66. The zero-order valence-electron chi connectivity index (χ0n) is 16.0. The fourth-order valence-corrected chi connectivity index (χ4v) is 3.56. The standard InChI is InChI=1S/C25H26N2O/c26-17-24(16-21-10-4-1-5-11-21)25(20-28)27(18-22-12-6-2-7-13-22)19-23-14-8-3-9-15-23/h1-15,24-25,28H,16,18-20H2/t24-,25-/m0/s1. The van der Waals surface area contributed by atoms with Gasteiger partial charge in [-0.15, -0.1) is 0 Å². The molecule has 0 aliphatic rings. The van der Waals surface area contributed by atoms with Crippen LogP contribution in [0, 0.1) is 17.2 Å². The molecule has 0 spiro atoms. The van der Waals surface area contributed by atoms with Gasteiger partial charge in [-0.25, -0.2) is 0 Å². The van der Waals surface area contributed by atoms with Crippen molar-refractivity contribution in [3.05, 3.63) is 108 Å². The van der Waals surface area contributed by atoms with Crippen molar-refractivity contribution in [2.45, 2.75) is 25.6 Å². The molecule has 1 N–H and O–H groups in total. The second-order valence-electron chi connectivity index (χ2n) is 7.05. The van der Waals surface area contributed by atoms with Gasteiger partial charge in [-0.1, -0.05) is 91.0 Å². The summed E-state index contributed by atoms with van der Waals surface area (Å²) in [5.74, 6) is -0.292. The SMILES string of the molecule is N#C[C@H](Cc1ccccc1)[C@H](CO)N(Cc1ccccc1)Cc1ccccc1. The van der Waals surface area contributed by atoms with Gasteiger partial charge in [-0.3, -0.25) is 4.90 Å². The Morgan fingerprint density at radius 2 is 1.14 bits per heavy atom. The minimum Gasteiger partial charge on any atom is -0.395 e. The third-order valence-electron chi connectivity index (χ3n) is 5.04. The zero-order valence-corrected chi connectivity index (χ0v) is 16.0. The predicted molar refractivity (Wildman–Crippen MR) is 112 cm³/mol. The van der Waals surface area contributed by atoms with Crippen molar-refractivity contribution in [3.8, 4) is 6.07 Å². The van der Waals surface area contributed by atoms with Crippen molar-refractivity contribution in [2.75, 3.05) is 6.61 Å². The van der Waals surface area contributed by atoms with Crippen LogP contribution in [0.4, 0.5) is 0 Å². The average Bonchev–Trinajstić information content (AvgIpc) is 2.75. The lowest BCUT2D eigenvalue weighted by atomic mass is 9.92. The van der Waals surface area contributed by atoms with E-state index in [0.717, 1.165) is 5.56 Å².